The summed E-state index contributed by atoms with van der Waals surface area (Å²) in [6.45, 7) is 4.54. The second-order valence-electron chi connectivity index (χ2n) is 3.83. The van der Waals surface area contributed by atoms with Crippen LogP contribution in [0.5, 0.6) is 0 Å². The SMILES string of the molecule is C[C@@H]1C[C@@]2(COI)CCCN12. The van der Waals surface area contributed by atoms with Crippen molar-refractivity contribution >= 4 is 23.0 Å². The highest BCUT2D eigenvalue weighted by Gasteiger charge is 2.52. The fourth-order valence-electron chi connectivity index (χ4n) is 2.73. The zero-order valence-electron chi connectivity index (χ0n) is 6.85. The van der Waals surface area contributed by atoms with Gasteiger partial charge in [-0.2, -0.15) is 0 Å². The van der Waals surface area contributed by atoms with E-state index in [9.17, 15) is 0 Å². The lowest BCUT2D eigenvalue weighted by Gasteiger charge is -2.53. The number of hydrogen-bond donors (Lipinski definition) is 0. The molecule has 2 aliphatic rings. The molecule has 2 saturated heterocycles. The summed E-state index contributed by atoms with van der Waals surface area (Å²) in [7, 11) is 0. The average molecular weight is 267 g/mol. The first-order valence-corrected chi connectivity index (χ1v) is 5.17. The van der Waals surface area contributed by atoms with Crippen molar-refractivity contribution in [2.45, 2.75) is 37.8 Å². The van der Waals surface area contributed by atoms with Crippen molar-refractivity contribution in [3.8, 4) is 0 Å². The quantitative estimate of drug-likeness (QED) is 0.709. The molecule has 2 fully saturated rings. The van der Waals surface area contributed by atoms with Gasteiger partial charge in [0, 0.05) is 11.6 Å². The molecule has 0 bridgehead atoms. The van der Waals surface area contributed by atoms with Crippen LogP contribution in [0.1, 0.15) is 26.2 Å². The second-order valence-corrected chi connectivity index (χ2v) is 4.45. The standard InChI is InChI=1S/C8H14INO/c1-7-5-8(6-11-9)3-2-4-10(7)8/h7H,2-6H2,1H3/t7-,8-/m1/s1. The number of hydrogen-bond acceptors (Lipinski definition) is 2. The molecule has 0 saturated carbocycles. The predicted molar refractivity (Wildman–Crippen MR) is 52.7 cm³/mol. The molecule has 0 amide bonds. The van der Waals surface area contributed by atoms with E-state index in [0.717, 1.165) is 12.6 Å². The van der Waals surface area contributed by atoms with E-state index in [1.165, 1.54) is 25.8 Å². The van der Waals surface area contributed by atoms with Gasteiger partial charge in [-0.15, -0.1) is 0 Å². The van der Waals surface area contributed by atoms with E-state index < -0.39 is 0 Å². The van der Waals surface area contributed by atoms with Gasteiger partial charge in [-0.05, 0) is 32.7 Å². The molecule has 0 aromatic carbocycles. The van der Waals surface area contributed by atoms with Crippen LogP contribution in [0, 0.1) is 0 Å². The minimum absolute atomic E-state index is 0.459. The summed E-state index contributed by atoms with van der Waals surface area (Å²) in [4.78, 5) is 2.60. The largest absolute Gasteiger partial charge is 0.314 e. The Kier molecular flexibility index (Phi) is 2.14. The van der Waals surface area contributed by atoms with E-state index in [0.29, 0.717) is 5.54 Å². The lowest BCUT2D eigenvalue weighted by Crippen LogP contribution is -2.63. The van der Waals surface area contributed by atoms with Gasteiger partial charge >= 0.3 is 0 Å². The van der Waals surface area contributed by atoms with Gasteiger partial charge in [0.25, 0.3) is 0 Å². The molecule has 2 heterocycles. The molecular weight excluding hydrogens is 253 g/mol. The average Bonchev–Trinajstić information content (AvgIpc) is 2.27. The third-order valence-electron chi connectivity index (χ3n) is 3.18. The minimum Gasteiger partial charge on any atom is -0.314 e. The van der Waals surface area contributed by atoms with Crippen molar-refractivity contribution in [1.82, 2.24) is 4.90 Å². The number of halogens is 1. The van der Waals surface area contributed by atoms with E-state index in [1.807, 2.05) is 23.0 Å². The maximum absolute atomic E-state index is 5.23. The lowest BCUT2D eigenvalue weighted by molar-refractivity contribution is -0.0492. The van der Waals surface area contributed by atoms with Crippen LogP contribution in [-0.2, 0) is 3.07 Å². The molecule has 0 radical (unpaired) electrons. The van der Waals surface area contributed by atoms with Crippen LogP contribution >= 0.6 is 23.0 Å². The van der Waals surface area contributed by atoms with Gasteiger partial charge in [0.05, 0.1) is 6.61 Å². The third-order valence-corrected chi connectivity index (χ3v) is 3.49. The Morgan fingerprint density at radius 1 is 1.73 bits per heavy atom. The van der Waals surface area contributed by atoms with Crippen molar-refractivity contribution in [2.24, 2.45) is 0 Å². The third kappa shape index (κ3) is 1.12. The van der Waals surface area contributed by atoms with Crippen LogP contribution in [0.3, 0.4) is 0 Å². The first-order valence-electron chi connectivity index (χ1n) is 4.29. The normalized spacial score (nSPS) is 43.6. The van der Waals surface area contributed by atoms with Gasteiger partial charge in [0.15, 0.2) is 0 Å². The Morgan fingerprint density at radius 2 is 2.55 bits per heavy atom. The molecule has 0 aromatic rings. The van der Waals surface area contributed by atoms with Crippen LogP contribution in [0.15, 0.2) is 0 Å². The molecule has 2 atom stereocenters. The highest BCUT2D eigenvalue weighted by atomic mass is 127. The van der Waals surface area contributed by atoms with Crippen LogP contribution in [0.2, 0.25) is 0 Å². The molecule has 0 aliphatic carbocycles. The lowest BCUT2D eigenvalue weighted by atomic mass is 9.80. The Labute approximate surface area is 82.0 Å². The molecule has 3 heteroatoms. The van der Waals surface area contributed by atoms with Crippen LogP contribution in [0.25, 0.3) is 0 Å². The summed E-state index contributed by atoms with van der Waals surface area (Å²) in [6.07, 6.45) is 4.06. The van der Waals surface area contributed by atoms with Crippen molar-refractivity contribution in [3.05, 3.63) is 0 Å². The molecule has 2 aliphatic heterocycles. The van der Waals surface area contributed by atoms with E-state index in [1.54, 1.807) is 0 Å². The van der Waals surface area contributed by atoms with Crippen molar-refractivity contribution in [3.63, 3.8) is 0 Å². The first kappa shape index (κ1) is 8.26. The monoisotopic (exact) mass is 267 g/mol. The summed E-state index contributed by atoms with van der Waals surface area (Å²) >= 11 is 2.01. The van der Waals surface area contributed by atoms with Gasteiger partial charge in [0.1, 0.15) is 23.0 Å². The van der Waals surface area contributed by atoms with E-state index in [4.69, 9.17) is 3.07 Å². The highest BCUT2D eigenvalue weighted by Crippen LogP contribution is 2.45. The second kappa shape index (κ2) is 2.85. The zero-order chi connectivity index (χ0) is 7.90. The molecule has 64 valence electrons. The van der Waals surface area contributed by atoms with Crippen LogP contribution < -0.4 is 0 Å². The topological polar surface area (TPSA) is 12.5 Å². The molecule has 0 aromatic heterocycles. The number of rotatable bonds is 2. The molecule has 11 heavy (non-hydrogen) atoms. The van der Waals surface area contributed by atoms with E-state index in [-0.39, 0.29) is 0 Å². The Morgan fingerprint density at radius 3 is 3.18 bits per heavy atom. The fourth-order valence-corrected chi connectivity index (χ4v) is 3.31. The number of fused-ring (bicyclic) bond motifs is 1. The van der Waals surface area contributed by atoms with Crippen molar-refractivity contribution in [2.75, 3.05) is 13.2 Å². The molecule has 2 nitrogen and oxygen atoms in total. The van der Waals surface area contributed by atoms with Gasteiger partial charge in [-0.3, -0.25) is 4.90 Å². The molecule has 0 N–H and O–H groups in total. The van der Waals surface area contributed by atoms with Gasteiger partial charge in [-0.25, -0.2) is 0 Å². The zero-order valence-corrected chi connectivity index (χ0v) is 9.00. The molecule has 0 unspecified atom stereocenters. The summed E-state index contributed by atoms with van der Waals surface area (Å²) in [5, 5.41) is 0. The molecular formula is C8H14INO. The maximum Gasteiger partial charge on any atom is 0.109 e. The Hall–Kier alpha value is 0.650. The van der Waals surface area contributed by atoms with E-state index in [2.05, 4.69) is 11.8 Å². The van der Waals surface area contributed by atoms with Gasteiger partial charge in [-0.1, -0.05) is 0 Å². The minimum atomic E-state index is 0.459. The van der Waals surface area contributed by atoms with Crippen LogP contribution in [0.4, 0.5) is 0 Å². The van der Waals surface area contributed by atoms with Gasteiger partial charge < -0.3 is 3.07 Å². The van der Waals surface area contributed by atoms with Crippen molar-refractivity contribution < 1.29 is 3.07 Å². The summed E-state index contributed by atoms with van der Waals surface area (Å²) in [5.74, 6) is 0. The highest BCUT2D eigenvalue weighted by molar-refractivity contribution is 14.1. The maximum atomic E-state index is 5.23. The summed E-state index contributed by atoms with van der Waals surface area (Å²) in [5.41, 5.74) is 0.459. The van der Waals surface area contributed by atoms with E-state index >= 15 is 0 Å². The fraction of sp³-hybridized carbons (Fsp3) is 1.00. The predicted octanol–water partition coefficient (Wildman–Crippen LogP) is 1.98. The first-order chi connectivity index (χ1) is 5.28. The smallest absolute Gasteiger partial charge is 0.109 e. The Bertz CT molecular complexity index is 160. The summed E-state index contributed by atoms with van der Waals surface area (Å²) < 4.78 is 5.23. The Balaban J connectivity index is 2.03. The van der Waals surface area contributed by atoms with Crippen LogP contribution in [-0.4, -0.2) is 29.6 Å². The number of nitrogens with zero attached hydrogens (tertiary/aromatic N) is 1. The van der Waals surface area contributed by atoms with Gasteiger partial charge in [0.2, 0.25) is 0 Å². The van der Waals surface area contributed by atoms with Crippen molar-refractivity contribution in [1.29, 1.82) is 0 Å². The molecule has 2 rings (SSSR count). The molecule has 0 spiro atoms. The summed E-state index contributed by atoms with van der Waals surface area (Å²) in [6, 6.07) is 0.809.